The first-order chi connectivity index (χ1) is 26.2. The third kappa shape index (κ3) is 6.34. The molecule has 0 saturated heterocycles. The maximum atomic E-state index is 12.0. The highest BCUT2D eigenvalue weighted by molar-refractivity contribution is 7.99. The fraction of sp³-hybridized carbons (Fsp3) is 0.520. The molecule has 0 spiro atoms. The number of phenolic OH excluding ortho intramolecular Hbond substituents is 2. The van der Waals surface area contributed by atoms with Crippen LogP contribution in [0.4, 0.5) is 0 Å². The van der Waals surface area contributed by atoms with Crippen LogP contribution in [0.15, 0.2) is 82.6 Å². The zero-order chi connectivity index (χ0) is 36.6. The van der Waals surface area contributed by atoms with Gasteiger partial charge in [-0.05, 0) is 208 Å². The smallest absolute Gasteiger partial charge is 0.127 e. The monoisotopic (exact) mass is 754 g/mol. The van der Waals surface area contributed by atoms with E-state index in [1.165, 1.54) is 120 Å². The van der Waals surface area contributed by atoms with E-state index in [4.69, 9.17) is 0 Å². The number of phenols is 2. The van der Waals surface area contributed by atoms with Crippen LogP contribution in [0.5, 0.6) is 11.5 Å². The van der Waals surface area contributed by atoms with Crippen molar-refractivity contribution in [2.45, 2.75) is 124 Å². The zero-order valence-corrected chi connectivity index (χ0v) is 34.0. The first kappa shape index (κ1) is 35.6. The number of thioether (sulfide) groups is 2. The lowest BCUT2D eigenvalue weighted by atomic mass is 9.48. The second-order valence-electron chi connectivity index (χ2n) is 19.2. The second kappa shape index (κ2) is 14.0. The molecule has 4 aromatic rings. The number of hydrogen-bond acceptors (Lipinski definition) is 4. The Morgan fingerprint density at radius 2 is 0.815 bits per heavy atom. The minimum absolute atomic E-state index is 0.173. The Morgan fingerprint density at radius 3 is 1.17 bits per heavy atom. The van der Waals surface area contributed by atoms with Crippen molar-refractivity contribution in [2.24, 2.45) is 35.5 Å². The fourth-order valence-corrected chi connectivity index (χ4v) is 16.0. The first-order valence-corrected chi connectivity index (χ1v) is 23.3. The molecule has 0 heterocycles. The van der Waals surface area contributed by atoms with Gasteiger partial charge in [-0.1, -0.05) is 48.5 Å². The van der Waals surface area contributed by atoms with E-state index >= 15 is 0 Å². The van der Waals surface area contributed by atoms with E-state index in [-0.39, 0.29) is 10.8 Å². The molecule has 0 amide bonds. The molecule has 0 aliphatic heterocycles. The van der Waals surface area contributed by atoms with Gasteiger partial charge in [-0.2, -0.15) is 0 Å². The SMILES string of the molecule is Cc1cc(-c2ccccc2SCCCCSc2ccccc2-c2cc(C)cc(C34CC5C[C@H](C3)C[C@@H](C5)C4)c2O)c(O)c(C23CC4CC(CC(C4)C2)C3)c1. The van der Waals surface area contributed by atoms with Gasteiger partial charge in [0.1, 0.15) is 11.5 Å². The van der Waals surface area contributed by atoms with E-state index < -0.39 is 0 Å². The van der Waals surface area contributed by atoms with Crippen molar-refractivity contribution in [1.82, 2.24) is 0 Å². The summed E-state index contributed by atoms with van der Waals surface area (Å²) in [6.45, 7) is 4.45. The summed E-state index contributed by atoms with van der Waals surface area (Å²) in [7, 11) is 0. The molecule has 8 aliphatic rings. The van der Waals surface area contributed by atoms with Crippen LogP contribution >= 0.6 is 23.5 Å². The lowest BCUT2D eigenvalue weighted by Crippen LogP contribution is -2.48. The highest BCUT2D eigenvalue weighted by atomic mass is 32.2. The maximum Gasteiger partial charge on any atom is 0.127 e. The Kier molecular flexibility index (Phi) is 9.21. The van der Waals surface area contributed by atoms with Gasteiger partial charge in [-0.15, -0.1) is 23.5 Å². The number of unbranched alkanes of at least 4 members (excludes halogenated alkanes) is 1. The van der Waals surface area contributed by atoms with E-state index in [0.29, 0.717) is 11.5 Å². The average Bonchev–Trinajstić information content (AvgIpc) is 3.14. The van der Waals surface area contributed by atoms with Gasteiger partial charge in [0, 0.05) is 32.0 Å². The van der Waals surface area contributed by atoms with Crippen molar-refractivity contribution in [2.75, 3.05) is 11.5 Å². The summed E-state index contributed by atoms with van der Waals surface area (Å²) in [5.41, 5.74) is 9.81. The average molecular weight is 755 g/mol. The number of aryl methyl sites for hydroxylation is 2. The highest BCUT2D eigenvalue weighted by Gasteiger charge is 2.54. The molecule has 4 aromatic carbocycles. The predicted octanol–water partition coefficient (Wildman–Crippen LogP) is 13.6. The zero-order valence-electron chi connectivity index (χ0n) is 32.4. The van der Waals surface area contributed by atoms with Crippen LogP contribution in [-0.4, -0.2) is 21.7 Å². The molecule has 0 atom stereocenters. The van der Waals surface area contributed by atoms with E-state index in [0.717, 1.165) is 71.0 Å². The highest BCUT2D eigenvalue weighted by Crippen LogP contribution is 2.64. The molecule has 4 heteroatoms. The van der Waals surface area contributed by atoms with Crippen LogP contribution < -0.4 is 0 Å². The summed E-state index contributed by atoms with van der Waals surface area (Å²) in [6, 6.07) is 26.7. The molecule has 2 nitrogen and oxygen atoms in total. The third-order valence-corrected chi connectivity index (χ3v) is 17.5. The number of hydrogen-bond donors (Lipinski definition) is 2. The lowest BCUT2D eigenvalue weighted by molar-refractivity contribution is -0.00627. The Balaban J connectivity index is 0.813. The van der Waals surface area contributed by atoms with Gasteiger partial charge in [-0.25, -0.2) is 0 Å². The van der Waals surface area contributed by atoms with Crippen LogP contribution in [-0.2, 0) is 10.8 Å². The molecular formula is C50H58O2S2. The molecule has 8 fully saturated rings. The van der Waals surface area contributed by atoms with Crippen molar-refractivity contribution < 1.29 is 10.2 Å². The first-order valence-electron chi connectivity index (χ1n) is 21.4. The molecule has 8 aliphatic carbocycles. The normalized spacial score (nSPS) is 31.7. The van der Waals surface area contributed by atoms with Crippen LogP contribution in [0.3, 0.4) is 0 Å². The van der Waals surface area contributed by atoms with Gasteiger partial charge < -0.3 is 10.2 Å². The van der Waals surface area contributed by atoms with Crippen LogP contribution in [0, 0.1) is 49.4 Å². The predicted molar refractivity (Wildman–Crippen MR) is 227 cm³/mol. The molecule has 8 saturated carbocycles. The molecule has 282 valence electrons. The molecule has 54 heavy (non-hydrogen) atoms. The Morgan fingerprint density at radius 1 is 0.481 bits per heavy atom. The molecular weight excluding hydrogens is 697 g/mol. The van der Waals surface area contributed by atoms with Gasteiger partial charge in [-0.3, -0.25) is 0 Å². The van der Waals surface area contributed by atoms with Gasteiger partial charge in [0.2, 0.25) is 0 Å². The quantitative estimate of drug-likeness (QED) is 0.118. The summed E-state index contributed by atoms with van der Waals surface area (Å²) < 4.78 is 0. The van der Waals surface area contributed by atoms with Gasteiger partial charge >= 0.3 is 0 Å². The van der Waals surface area contributed by atoms with Crippen LogP contribution in [0.1, 0.15) is 112 Å². The van der Waals surface area contributed by atoms with Crippen molar-refractivity contribution in [3.63, 3.8) is 0 Å². The van der Waals surface area contributed by atoms with Crippen molar-refractivity contribution in [1.29, 1.82) is 0 Å². The number of benzene rings is 4. The Bertz CT molecular complexity index is 1840. The van der Waals surface area contributed by atoms with Crippen molar-refractivity contribution >= 4 is 23.5 Å². The van der Waals surface area contributed by atoms with Crippen LogP contribution in [0.2, 0.25) is 0 Å². The Hall–Kier alpha value is -2.82. The Labute approximate surface area is 332 Å². The summed E-state index contributed by atoms with van der Waals surface area (Å²) in [6.07, 6.45) is 18.4. The molecule has 2 N–H and O–H groups in total. The fourth-order valence-electron chi connectivity index (χ4n) is 13.9. The van der Waals surface area contributed by atoms with Gasteiger partial charge in [0.25, 0.3) is 0 Å². The van der Waals surface area contributed by atoms with E-state index in [9.17, 15) is 10.2 Å². The van der Waals surface area contributed by atoms with Gasteiger partial charge in [0.15, 0.2) is 0 Å². The molecule has 0 radical (unpaired) electrons. The minimum Gasteiger partial charge on any atom is -0.507 e. The third-order valence-electron chi connectivity index (χ3n) is 15.1. The van der Waals surface area contributed by atoms with E-state index in [1.807, 2.05) is 23.5 Å². The summed E-state index contributed by atoms with van der Waals surface area (Å²) in [5, 5.41) is 24.1. The standard InChI is InChI=1S/C50H58O2S2/c1-31-15-41(47(51)43(17-31)49-25-33-19-34(26-49)21-35(20-33)27-49)39-9-3-5-11-45(39)53-13-7-8-14-54-46-12-6-4-10-40(46)42-16-32(2)18-44(48(42)52)50-28-36-22-37(29-50)24-38(23-36)30-50/h3-6,9-12,15-18,33-38,51-52H,7-8,13-14,19-30H2,1-2H3/t33-,34+,35?,36?,37?,38?,49?,50?. The van der Waals surface area contributed by atoms with Crippen molar-refractivity contribution in [3.05, 3.63) is 95.1 Å². The van der Waals surface area contributed by atoms with E-state index in [1.54, 1.807) is 0 Å². The number of rotatable bonds is 11. The van der Waals surface area contributed by atoms with Crippen molar-refractivity contribution in [3.8, 4) is 33.8 Å². The topological polar surface area (TPSA) is 40.5 Å². The van der Waals surface area contributed by atoms with Crippen LogP contribution in [0.25, 0.3) is 22.3 Å². The summed E-state index contributed by atoms with van der Waals surface area (Å²) in [4.78, 5) is 2.55. The summed E-state index contributed by atoms with van der Waals surface area (Å²) in [5.74, 6) is 8.34. The second-order valence-corrected chi connectivity index (χ2v) is 21.5. The molecule has 12 rings (SSSR count). The minimum atomic E-state index is 0.173. The molecule has 0 aromatic heterocycles. The van der Waals surface area contributed by atoms with E-state index in [2.05, 4.69) is 86.6 Å². The lowest BCUT2D eigenvalue weighted by Gasteiger charge is -2.57. The largest absolute Gasteiger partial charge is 0.507 e. The molecule has 8 bridgehead atoms. The molecule has 0 unspecified atom stereocenters. The van der Waals surface area contributed by atoms with Gasteiger partial charge in [0.05, 0.1) is 0 Å². The summed E-state index contributed by atoms with van der Waals surface area (Å²) >= 11 is 3.89. The number of aromatic hydroxyl groups is 2. The maximum absolute atomic E-state index is 12.0.